The second kappa shape index (κ2) is 5.23. The van der Waals surface area contributed by atoms with Crippen LogP contribution in [0.3, 0.4) is 0 Å². The van der Waals surface area contributed by atoms with Crippen molar-refractivity contribution in [2.75, 3.05) is 7.11 Å². The zero-order valence-corrected chi connectivity index (χ0v) is 10.8. The molecule has 5 heteroatoms. The standard InChI is InChI=1S/C13H12ClNO3/c1-8(13(16)17-2)18-11-6-5-10(14)9-4-3-7-15-12(9)11/h3-8H,1-2H3/t8-/m0/s1. The van der Waals surface area contributed by atoms with E-state index < -0.39 is 12.1 Å². The van der Waals surface area contributed by atoms with Gasteiger partial charge in [-0.05, 0) is 31.2 Å². The molecule has 2 rings (SSSR count). The zero-order chi connectivity index (χ0) is 13.1. The highest BCUT2D eigenvalue weighted by Gasteiger charge is 2.17. The Kier molecular flexibility index (Phi) is 3.67. The molecule has 0 fully saturated rings. The summed E-state index contributed by atoms with van der Waals surface area (Å²) in [7, 11) is 1.32. The van der Waals surface area contributed by atoms with Gasteiger partial charge in [0.15, 0.2) is 6.10 Å². The lowest BCUT2D eigenvalue weighted by molar-refractivity contribution is -0.147. The lowest BCUT2D eigenvalue weighted by atomic mass is 10.2. The summed E-state index contributed by atoms with van der Waals surface area (Å²) in [5.41, 5.74) is 0.626. The number of carbonyl (C=O) groups excluding carboxylic acids is 1. The maximum Gasteiger partial charge on any atom is 0.346 e. The van der Waals surface area contributed by atoms with E-state index in [0.29, 0.717) is 16.3 Å². The van der Waals surface area contributed by atoms with Gasteiger partial charge in [-0.15, -0.1) is 0 Å². The number of ether oxygens (including phenoxy) is 2. The van der Waals surface area contributed by atoms with E-state index >= 15 is 0 Å². The number of halogens is 1. The number of hydrogen-bond donors (Lipinski definition) is 0. The molecule has 0 unspecified atom stereocenters. The number of rotatable bonds is 3. The largest absolute Gasteiger partial charge is 0.477 e. The molecule has 0 saturated carbocycles. The lowest BCUT2D eigenvalue weighted by Gasteiger charge is -2.14. The maximum absolute atomic E-state index is 11.3. The van der Waals surface area contributed by atoms with Crippen LogP contribution < -0.4 is 4.74 Å². The summed E-state index contributed by atoms with van der Waals surface area (Å²) >= 11 is 6.07. The molecule has 0 aliphatic heterocycles. The SMILES string of the molecule is COC(=O)[C@H](C)Oc1ccc(Cl)c2cccnc12. The Morgan fingerprint density at radius 1 is 1.39 bits per heavy atom. The van der Waals surface area contributed by atoms with Gasteiger partial charge in [-0.2, -0.15) is 0 Å². The number of fused-ring (bicyclic) bond motifs is 1. The fourth-order valence-corrected chi connectivity index (χ4v) is 1.83. The number of benzene rings is 1. The molecule has 0 radical (unpaired) electrons. The fraction of sp³-hybridized carbons (Fsp3) is 0.231. The molecule has 0 N–H and O–H groups in total. The first-order valence-electron chi connectivity index (χ1n) is 5.41. The minimum atomic E-state index is -0.693. The molecule has 0 amide bonds. The van der Waals surface area contributed by atoms with Gasteiger partial charge in [0.2, 0.25) is 0 Å². The van der Waals surface area contributed by atoms with E-state index in [0.717, 1.165) is 5.39 Å². The van der Waals surface area contributed by atoms with E-state index in [2.05, 4.69) is 9.72 Å². The van der Waals surface area contributed by atoms with Crippen LogP contribution in [0.2, 0.25) is 5.02 Å². The van der Waals surface area contributed by atoms with Crippen LogP contribution in [-0.2, 0) is 9.53 Å². The van der Waals surface area contributed by atoms with Crippen molar-refractivity contribution in [1.29, 1.82) is 0 Å². The highest BCUT2D eigenvalue weighted by molar-refractivity contribution is 6.35. The van der Waals surface area contributed by atoms with Crippen molar-refractivity contribution in [2.24, 2.45) is 0 Å². The average Bonchev–Trinajstić information content (AvgIpc) is 2.41. The first-order chi connectivity index (χ1) is 8.63. The molecular weight excluding hydrogens is 254 g/mol. The Labute approximate surface area is 109 Å². The molecule has 1 heterocycles. The van der Waals surface area contributed by atoms with Crippen LogP contribution in [-0.4, -0.2) is 24.2 Å². The molecule has 1 atom stereocenters. The summed E-state index contributed by atoms with van der Waals surface area (Å²) < 4.78 is 10.1. The van der Waals surface area contributed by atoms with Gasteiger partial charge < -0.3 is 9.47 Å². The van der Waals surface area contributed by atoms with Crippen LogP contribution in [0.15, 0.2) is 30.5 Å². The first kappa shape index (κ1) is 12.6. The molecular formula is C13H12ClNO3. The van der Waals surface area contributed by atoms with Crippen molar-refractivity contribution < 1.29 is 14.3 Å². The topological polar surface area (TPSA) is 48.4 Å². The molecule has 1 aromatic carbocycles. The summed E-state index contributed by atoms with van der Waals surface area (Å²) in [6, 6.07) is 7.05. The third-order valence-electron chi connectivity index (χ3n) is 2.52. The third-order valence-corrected chi connectivity index (χ3v) is 2.85. The maximum atomic E-state index is 11.3. The summed E-state index contributed by atoms with van der Waals surface area (Å²) in [6.07, 6.45) is 0.954. The van der Waals surface area contributed by atoms with Gasteiger partial charge in [-0.3, -0.25) is 4.98 Å². The molecule has 1 aromatic heterocycles. The number of esters is 1. The van der Waals surface area contributed by atoms with Gasteiger partial charge in [0.05, 0.1) is 12.1 Å². The predicted molar refractivity (Wildman–Crippen MR) is 68.9 cm³/mol. The van der Waals surface area contributed by atoms with Crippen LogP contribution >= 0.6 is 11.6 Å². The summed E-state index contributed by atoms with van der Waals surface area (Å²) in [4.78, 5) is 15.5. The number of aromatic nitrogens is 1. The molecule has 94 valence electrons. The normalized spacial score (nSPS) is 12.2. The van der Waals surface area contributed by atoms with Crippen molar-refractivity contribution in [3.63, 3.8) is 0 Å². The van der Waals surface area contributed by atoms with E-state index in [1.807, 2.05) is 6.07 Å². The van der Waals surface area contributed by atoms with E-state index in [-0.39, 0.29) is 0 Å². The van der Waals surface area contributed by atoms with Crippen molar-refractivity contribution in [2.45, 2.75) is 13.0 Å². The van der Waals surface area contributed by atoms with Gasteiger partial charge in [0, 0.05) is 11.6 Å². The number of methoxy groups -OCH3 is 1. The molecule has 0 aliphatic rings. The summed E-state index contributed by atoms with van der Waals surface area (Å²) in [5.74, 6) is 0.0712. The van der Waals surface area contributed by atoms with Gasteiger partial charge in [-0.1, -0.05) is 11.6 Å². The fourth-order valence-electron chi connectivity index (χ4n) is 1.61. The van der Waals surface area contributed by atoms with Crippen molar-refractivity contribution >= 4 is 28.5 Å². The second-order valence-corrected chi connectivity index (χ2v) is 4.14. The van der Waals surface area contributed by atoms with Crippen LogP contribution in [0, 0.1) is 0 Å². The Bertz CT molecular complexity index is 585. The zero-order valence-electron chi connectivity index (χ0n) is 10.0. The van der Waals surface area contributed by atoms with Crippen LogP contribution in [0.25, 0.3) is 10.9 Å². The highest BCUT2D eigenvalue weighted by Crippen LogP contribution is 2.30. The van der Waals surface area contributed by atoms with Crippen LogP contribution in [0.5, 0.6) is 5.75 Å². The van der Waals surface area contributed by atoms with E-state index in [4.69, 9.17) is 16.3 Å². The molecule has 0 aliphatic carbocycles. The van der Waals surface area contributed by atoms with E-state index in [1.54, 1.807) is 31.3 Å². The van der Waals surface area contributed by atoms with E-state index in [9.17, 15) is 4.79 Å². The van der Waals surface area contributed by atoms with Crippen LogP contribution in [0.1, 0.15) is 6.92 Å². The monoisotopic (exact) mass is 265 g/mol. The minimum absolute atomic E-state index is 0.436. The van der Waals surface area contributed by atoms with Gasteiger partial charge in [0.25, 0.3) is 0 Å². The smallest absolute Gasteiger partial charge is 0.346 e. The number of nitrogens with zero attached hydrogens (tertiary/aromatic N) is 1. The van der Waals surface area contributed by atoms with Crippen molar-refractivity contribution in [1.82, 2.24) is 4.98 Å². The first-order valence-corrected chi connectivity index (χ1v) is 5.79. The molecule has 2 aromatic rings. The summed E-state index contributed by atoms with van der Waals surface area (Å²) in [6.45, 7) is 1.62. The third kappa shape index (κ3) is 2.38. The highest BCUT2D eigenvalue weighted by atomic mass is 35.5. The quantitative estimate of drug-likeness (QED) is 0.801. The van der Waals surface area contributed by atoms with Gasteiger partial charge in [-0.25, -0.2) is 4.79 Å². The number of pyridine rings is 1. The predicted octanol–water partition coefficient (Wildman–Crippen LogP) is 2.83. The second-order valence-electron chi connectivity index (χ2n) is 3.73. The Morgan fingerprint density at radius 2 is 2.17 bits per heavy atom. The molecule has 0 spiro atoms. The van der Waals surface area contributed by atoms with Gasteiger partial charge in [0.1, 0.15) is 11.3 Å². The molecule has 4 nitrogen and oxygen atoms in total. The summed E-state index contributed by atoms with van der Waals surface area (Å²) in [5, 5.41) is 1.38. The minimum Gasteiger partial charge on any atom is -0.477 e. The van der Waals surface area contributed by atoms with Crippen LogP contribution in [0.4, 0.5) is 0 Å². The van der Waals surface area contributed by atoms with E-state index in [1.165, 1.54) is 7.11 Å². The Morgan fingerprint density at radius 3 is 2.89 bits per heavy atom. The van der Waals surface area contributed by atoms with Crippen molar-refractivity contribution in [3.8, 4) is 5.75 Å². The van der Waals surface area contributed by atoms with Gasteiger partial charge >= 0.3 is 5.97 Å². The molecule has 18 heavy (non-hydrogen) atoms. The number of carbonyl (C=O) groups is 1. The molecule has 0 saturated heterocycles. The average molecular weight is 266 g/mol. The Hall–Kier alpha value is -1.81. The number of hydrogen-bond acceptors (Lipinski definition) is 4. The Balaban J connectivity index is 2.40. The van der Waals surface area contributed by atoms with Crippen molar-refractivity contribution in [3.05, 3.63) is 35.5 Å². The molecule has 0 bridgehead atoms. The lowest BCUT2D eigenvalue weighted by Crippen LogP contribution is -2.25.